The zero-order chi connectivity index (χ0) is 12.7. The maximum atomic E-state index is 10.8. The summed E-state index contributed by atoms with van der Waals surface area (Å²) in [4.78, 5) is 25.0. The first-order valence-electron chi connectivity index (χ1n) is 5.99. The van der Waals surface area contributed by atoms with Gasteiger partial charge in [-0.05, 0) is 19.0 Å². The van der Waals surface area contributed by atoms with Crippen LogP contribution in [0, 0.1) is 0 Å². The van der Waals surface area contributed by atoms with E-state index in [0.717, 1.165) is 38.9 Å². The first-order valence-corrected chi connectivity index (χ1v) is 5.99. The van der Waals surface area contributed by atoms with Gasteiger partial charge in [-0.25, -0.2) is 0 Å². The third-order valence-electron chi connectivity index (χ3n) is 2.85. The zero-order valence-electron chi connectivity index (χ0n) is 10.2. The molecular formula is C13H20N2O2. The highest BCUT2D eigenvalue weighted by Crippen LogP contribution is 2.08. The second kappa shape index (κ2) is 6.89. The van der Waals surface area contributed by atoms with Crippen molar-refractivity contribution < 1.29 is 9.59 Å². The molecule has 0 aliphatic carbocycles. The van der Waals surface area contributed by atoms with Crippen molar-refractivity contribution in [3.8, 4) is 0 Å². The summed E-state index contributed by atoms with van der Waals surface area (Å²) < 4.78 is 0. The van der Waals surface area contributed by atoms with Crippen molar-refractivity contribution in [2.24, 2.45) is 0 Å². The molecule has 94 valence electrons. The second-order valence-corrected chi connectivity index (χ2v) is 4.11. The van der Waals surface area contributed by atoms with Gasteiger partial charge in [-0.1, -0.05) is 12.7 Å². The molecule has 0 N–H and O–H groups in total. The number of nitrogens with zero attached hydrogens (tertiary/aromatic N) is 2. The Balaban J connectivity index is 0.000000171. The van der Waals surface area contributed by atoms with Gasteiger partial charge in [0.05, 0.1) is 0 Å². The van der Waals surface area contributed by atoms with E-state index in [1.54, 1.807) is 17.2 Å². The van der Waals surface area contributed by atoms with Crippen molar-refractivity contribution in [2.75, 3.05) is 19.6 Å². The summed E-state index contributed by atoms with van der Waals surface area (Å²) in [5, 5.41) is 0. The first-order chi connectivity index (χ1) is 8.19. The van der Waals surface area contributed by atoms with E-state index in [1.807, 2.05) is 4.90 Å². The molecule has 0 aromatic rings. The van der Waals surface area contributed by atoms with Crippen LogP contribution in [0.15, 0.2) is 25.4 Å². The fourth-order valence-corrected chi connectivity index (χ4v) is 1.91. The Labute approximate surface area is 103 Å². The number of hydrogen-bond donors (Lipinski definition) is 0. The molecule has 0 aromatic heterocycles. The molecule has 2 fully saturated rings. The average molecular weight is 236 g/mol. The zero-order valence-corrected chi connectivity index (χ0v) is 10.2. The summed E-state index contributed by atoms with van der Waals surface area (Å²) >= 11 is 0. The highest BCUT2D eigenvalue weighted by atomic mass is 16.2. The average Bonchev–Trinajstić information content (AvgIpc) is 2.90. The topological polar surface area (TPSA) is 40.6 Å². The summed E-state index contributed by atoms with van der Waals surface area (Å²) in [6, 6.07) is 0. The molecular weight excluding hydrogens is 216 g/mol. The van der Waals surface area contributed by atoms with E-state index in [9.17, 15) is 9.59 Å². The van der Waals surface area contributed by atoms with Crippen molar-refractivity contribution in [1.82, 2.24) is 9.80 Å². The van der Waals surface area contributed by atoms with Crippen molar-refractivity contribution in [3.05, 3.63) is 25.4 Å². The lowest BCUT2D eigenvalue weighted by Crippen LogP contribution is -2.24. The Morgan fingerprint density at radius 2 is 1.71 bits per heavy atom. The van der Waals surface area contributed by atoms with E-state index in [2.05, 4.69) is 13.2 Å². The molecule has 2 saturated heterocycles. The minimum absolute atomic E-state index is 0.208. The molecule has 2 amide bonds. The van der Waals surface area contributed by atoms with Gasteiger partial charge in [0.1, 0.15) is 0 Å². The monoisotopic (exact) mass is 236 g/mol. The van der Waals surface area contributed by atoms with E-state index < -0.39 is 0 Å². The smallest absolute Gasteiger partial charge is 0.226 e. The second-order valence-electron chi connectivity index (χ2n) is 4.11. The summed E-state index contributed by atoms with van der Waals surface area (Å²) in [7, 11) is 0. The lowest BCUT2D eigenvalue weighted by molar-refractivity contribution is -0.127. The number of rotatable bonds is 3. The third kappa shape index (κ3) is 4.06. The Hall–Kier alpha value is -1.58. The van der Waals surface area contributed by atoms with E-state index in [4.69, 9.17) is 0 Å². The van der Waals surface area contributed by atoms with Crippen LogP contribution in [0.4, 0.5) is 0 Å². The molecule has 17 heavy (non-hydrogen) atoms. The van der Waals surface area contributed by atoms with E-state index in [-0.39, 0.29) is 11.8 Å². The van der Waals surface area contributed by atoms with Gasteiger partial charge < -0.3 is 9.80 Å². The third-order valence-corrected chi connectivity index (χ3v) is 2.85. The lowest BCUT2D eigenvalue weighted by atomic mass is 10.4. The van der Waals surface area contributed by atoms with Crippen molar-refractivity contribution in [2.45, 2.75) is 25.7 Å². The van der Waals surface area contributed by atoms with E-state index >= 15 is 0 Å². The molecule has 0 unspecified atom stereocenters. The van der Waals surface area contributed by atoms with Gasteiger partial charge >= 0.3 is 0 Å². The van der Waals surface area contributed by atoms with Crippen LogP contribution in [0.5, 0.6) is 0 Å². The van der Waals surface area contributed by atoms with Crippen LogP contribution in [0.25, 0.3) is 0 Å². The quantitative estimate of drug-likeness (QED) is 0.697. The van der Waals surface area contributed by atoms with Crippen molar-refractivity contribution >= 4 is 11.8 Å². The summed E-state index contributed by atoms with van der Waals surface area (Å²) in [6.45, 7) is 9.57. The fraction of sp³-hybridized carbons (Fsp3) is 0.538. The molecule has 2 rings (SSSR count). The summed E-state index contributed by atoms with van der Waals surface area (Å²) in [6.07, 6.45) is 6.80. The van der Waals surface area contributed by atoms with Crippen LogP contribution < -0.4 is 0 Å². The van der Waals surface area contributed by atoms with Crippen LogP contribution in [0.2, 0.25) is 0 Å². The van der Waals surface area contributed by atoms with Gasteiger partial charge in [0.15, 0.2) is 0 Å². The van der Waals surface area contributed by atoms with Gasteiger partial charge in [0.2, 0.25) is 11.8 Å². The van der Waals surface area contributed by atoms with Gasteiger partial charge in [0, 0.05) is 32.5 Å². The van der Waals surface area contributed by atoms with Crippen LogP contribution in [0.3, 0.4) is 0 Å². The normalized spacial score (nSPS) is 19.1. The van der Waals surface area contributed by atoms with Crippen LogP contribution in [0.1, 0.15) is 25.7 Å². The van der Waals surface area contributed by atoms with Gasteiger partial charge in [-0.15, -0.1) is 6.58 Å². The standard InChI is InChI=1S/C7H11NO.C6H9NO/c1-2-5-8-6-3-4-7(8)9;1-2-7-5-3-4-6(7)8/h2H,1,3-6H2;2H,1,3-5H2. The molecule has 2 heterocycles. The Bertz CT molecular complexity index is 313. The Morgan fingerprint density at radius 1 is 1.06 bits per heavy atom. The number of carbonyl (C=O) groups is 2. The number of amides is 2. The van der Waals surface area contributed by atoms with E-state index in [1.165, 1.54) is 0 Å². The van der Waals surface area contributed by atoms with Crippen LogP contribution >= 0.6 is 0 Å². The molecule has 0 aromatic carbocycles. The predicted molar refractivity (Wildman–Crippen MR) is 67.2 cm³/mol. The molecule has 0 saturated carbocycles. The van der Waals surface area contributed by atoms with Gasteiger partial charge in [-0.3, -0.25) is 9.59 Å². The molecule has 0 atom stereocenters. The Kier molecular flexibility index (Phi) is 5.46. The number of hydrogen-bond acceptors (Lipinski definition) is 2. The molecule has 0 spiro atoms. The largest absolute Gasteiger partial charge is 0.339 e. The number of likely N-dealkylation sites (tertiary alicyclic amines) is 2. The summed E-state index contributed by atoms with van der Waals surface area (Å²) in [5.41, 5.74) is 0. The SMILES string of the molecule is C=CCN1CCCC1=O.C=CN1CCCC1=O. The molecule has 0 bridgehead atoms. The maximum absolute atomic E-state index is 10.8. The molecule has 4 nitrogen and oxygen atoms in total. The highest BCUT2D eigenvalue weighted by molar-refractivity contribution is 5.79. The van der Waals surface area contributed by atoms with Gasteiger partial charge in [0.25, 0.3) is 0 Å². The van der Waals surface area contributed by atoms with Crippen molar-refractivity contribution in [3.63, 3.8) is 0 Å². The fourth-order valence-electron chi connectivity index (χ4n) is 1.91. The lowest BCUT2D eigenvalue weighted by Gasteiger charge is -2.10. The van der Waals surface area contributed by atoms with Crippen LogP contribution in [-0.2, 0) is 9.59 Å². The minimum atomic E-state index is 0.208. The van der Waals surface area contributed by atoms with Crippen LogP contribution in [-0.4, -0.2) is 41.2 Å². The highest BCUT2D eigenvalue weighted by Gasteiger charge is 2.17. The first kappa shape index (κ1) is 13.5. The summed E-state index contributed by atoms with van der Waals surface area (Å²) in [5.74, 6) is 0.481. The Morgan fingerprint density at radius 3 is 2.06 bits per heavy atom. The minimum Gasteiger partial charge on any atom is -0.339 e. The van der Waals surface area contributed by atoms with Crippen molar-refractivity contribution in [1.29, 1.82) is 0 Å². The van der Waals surface area contributed by atoms with E-state index in [0.29, 0.717) is 6.42 Å². The molecule has 4 heteroatoms. The number of carbonyl (C=O) groups excluding carboxylic acids is 2. The van der Waals surface area contributed by atoms with Gasteiger partial charge in [-0.2, -0.15) is 0 Å². The molecule has 0 radical (unpaired) electrons. The molecule has 2 aliphatic rings. The maximum Gasteiger partial charge on any atom is 0.226 e. The molecule has 2 aliphatic heterocycles. The predicted octanol–water partition coefficient (Wildman–Crippen LogP) is 1.55.